The van der Waals surface area contributed by atoms with Gasteiger partial charge in [0, 0.05) is 24.3 Å². The second-order valence-electron chi connectivity index (χ2n) is 4.66. The first kappa shape index (κ1) is 14.1. The maximum Gasteiger partial charge on any atom is 0.293 e. The van der Waals surface area contributed by atoms with Crippen LogP contribution in [0.15, 0.2) is 47.0 Å². The fourth-order valence-electron chi connectivity index (χ4n) is 2.23. The van der Waals surface area contributed by atoms with Gasteiger partial charge in [-0.2, -0.15) is 0 Å². The van der Waals surface area contributed by atoms with Crippen molar-refractivity contribution < 1.29 is 19.1 Å². The highest BCUT2D eigenvalue weighted by Gasteiger charge is 2.21. The number of furan rings is 1. The van der Waals surface area contributed by atoms with E-state index in [9.17, 15) is 9.90 Å². The summed E-state index contributed by atoms with van der Waals surface area (Å²) in [7, 11) is 1.55. The summed E-state index contributed by atoms with van der Waals surface area (Å²) in [5.74, 6) is -0.373. The van der Waals surface area contributed by atoms with Gasteiger partial charge in [0.2, 0.25) is 0 Å². The van der Waals surface area contributed by atoms with Crippen LogP contribution in [0.1, 0.15) is 16.1 Å². The zero-order chi connectivity index (χ0) is 15.5. The number of aromatic nitrogens is 1. The van der Waals surface area contributed by atoms with Crippen molar-refractivity contribution in [3.63, 3.8) is 0 Å². The lowest BCUT2D eigenvalue weighted by atomic mass is 10.1. The Morgan fingerprint density at radius 1 is 1.32 bits per heavy atom. The molecule has 0 saturated carbocycles. The minimum absolute atomic E-state index is 0.0799. The quantitative estimate of drug-likeness (QED) is 0.773. The molecule has 2 N–H and O–H groups in total. The summed E-state index contributed by atoms with van der Waals surface area (Å²) >= 11 is 0. The third-order valence-electron chi connectivity index (χ3n) is 3.21. The molecule has 112 valence electrons. The van der Waals surface area contributed by atoms with Gasteiger partial charge in [0.25, 0.3) is 5.91 Å². The molecule has 0 aliphatic carbocycles. The van der Waals surface area contributed by atoms with Crippen molar-refractivity contribution >= 4 is 22.7 Å². The van der Waals surface area contributed by atoms with E-state index >= 15 is 0 Å². The Bertz CT molecular complexity index is 826. The van der Waals surface area contributed by atoms with Gasteiger partial charge in [-0.05, 0) is 18.2 Å². The van der Waals surface area contributed by atoms with Crippen LogP contribution in [-0.4, -0.2) is 23.1 Å². The molecule has 0 aliphatic rings. The van der Waals surface area contributed by atoms with E-state index in [1.165, 1.54) is 12.3 Å². The summed E-state index contributed by atoms with van der Waals surface area (Å²) in [6.45, 7) is 0.244. The van der Waals surface area contributed by atoms with E-state index in [4.69, 9.17) is 9.15 Å². The lowest BCUT2D eigenvalue weighted by Crippen LogP contribution is -2.14. The molecule has 0 radical (unpaired) electrons. The number of para-hydroxylation sites is 1. The molecule has 1 aromatic carbocycles. The number of hydrogen-bond acceptors (Lipinski definition) is 5. The number of nitrogens with one attached hydrogen (secondary N) is 1. The Morgan fingerprint density at radius 2 is 2.14 bits per heavy atom. The Kier molecular flexibility index (Phi) is 3.76. The lowest BCUT2D eigenvalue weighted by molar-refractivity contribution is 0.0991. The third kappa shape index (κ3) is 2.51. The number of aromatic hydroxyl groups is 1. The number of amides is 1. The SMILES string of the molecule is COCc1c(C(=O)Nc2ncccc2O)oc2ccccc12. The average molecular weight is 298 g/mol. The molecule has 6 nitrogen and oxygen atoms in total. The van der Waals surface area contributed by atoms with Crippen LogP contribution in [-0.2, 0) is 11.3 Å². The molecule has 2 heterocycles. The standard InChI is InChI=1S/C16H14N2O4/c1-21-9-11-10-5-2-3-7-13(10)22-14(11)16(20)18-15-12(19)6-4-8-17-15/h2-8,19H,9H2,1H3,(H,17,18,20). The van der Waals surface area contributed by atoms with Crippen LogP contribution in [0.5, 0.6) is 5.75 Å². The van der Waals surface area contributed by atoms with E-state index in [-0.39, 0.29) is 23.9 Å². The predicted molar refractivity (Wildman–Crippen MR) is 80.8 cm³/mol. The first-order chi connectivity index (χ1) is 10.7. The maximum atomic E-state index is 12.4. The monoisotopic (exact) mass is 298 g/mol. The van der Waals surface area contributed by atoms with Crippen LogP contribution in [0.3, 0.4) is 0 Å². The van der Waals surface area contributed by atoms with E-state index in [0.717, 1.165) is 5.39 Å². The number of carbonyl (C=O) groups excluding carboxylic acids is 1. The van der Waals surface area contributed by atoms with Gasteiger partial charge in [0.15, 0.2) is 17.3 Å². The van der Waals surface area contributed by atoms with Crippen molar-refractivity contribution in [1.82, 2.24) is 4.98 Å². The topological polar surface area (TPSA) is 84.6 Å². The lowest BCUT2D eigenvalue weighted by Gasteiger charge is -2.05. The van der Waals surface area contributed by atoms with Crippen molar-refractivity contribution in [2.45, 2.75) is 6.61 Å². The molecule has 3 aromatic rings. The fraction of sp³-hybridized carbons (Fsp3) is 0.125. The van der Waals surface area contributed by atoms with Crippen molar-refractivity contribution in [2.24, 2.45) is 0 Å². The van der Waals surface area contributed by atoms with Crippen LogP contribution >= 0.6 is 0 Å². The van der Waals surface area contributed by atoms with Gasteiger partial charge < -0.3 is 19.6 Å². The zero-order valence-corrected chi connectivity index (χ0v) is 11.9. The molecule has 0 atom stereocenters. The van der Waals surface area contributed by atoms with Gasteiger partial charge in [-0.15, -0.1) is 0 Å². The maximum absolute atomic E-state index is 12.4. The summed E-state index contributed by atoms with van der Waals surface area (Å²) in [4.78, 5) is 16.3. The molecule has 0 fully saturated rings. The molecular formula is C16H14N2O4. The number of carbonyl (C=O) groups is 1. The molecule has 0 saturated heterocycles. The number of anilines is 1. The highest BCUT2D eigenvalue weighted by Crippen LogP contribution is 2.28. The van der Waals surface area contributed by atoms with Crippen molar-refractivity contribution in [2.75, 3.05) is 12.4 Å². The molecule has 2 aromatic heterocycles. The number of methoxy groups -OCH3 is 1. The number of benzene rings is 1. The van der Waals surface area contributed by atoms with Crippen LogP contribution in [0, 0.1) is 0 Å². The number of rotatable bonds is 4. The molecule has 0 unspecified atom stereocenters. The summed E-state index contributed by atoms with van der Waals surface area (Å²) < 4.78 is 10.8. The first-order valence-corrected chi connectivity index (χ1v) is 6.65. The molecular weight excluding hydrogens is 284 g/mol. The summed E-state index contributed by atoms with van der Waals surface area (Å²) in [6.07, 6.45) is 1.48. The van der Waals surface area contributed by atoms with Gasteiger partial charge in [0.05, 0.1) is 6.61 Å². The second-order valence-corrected chi connectivity index (χ2v) is 4.66. The largest absolute Gasteiger partial charge is 0.504 e. The summed E-state index contributed by atoms with van der Waals surface area (Å²) in [5.41, 5.74) is 1.26. The molecule has 0 bridgehead atoms. The highest BCUT2D eigenvalue weighted by atomic mass is 16.5. The van der Waals surface area contributed by atoms with Crippen LogP contribution < -0.4 is 5.32 Å². The number of pyridine rings is 1. The van der Waals surface area contributed by atoms with E-state index in [2.05, 4.69) is 10.3 Å². The highest BCUT2D eigenvalue weighted by molar-refractivity contribution is 6.06. The number of hydrogen-bond donors (Lipinski definition) is 2. The summed E-state index contributed by atoms with van der Waals surface area (Å²) in [6, 6.07) is 10.4. The molecule has 22 heavy (non-hydrogen) atoms. The summed E-state index contributed by atoms with van der Waals surface area (Å²) in [5, 5.41) is 13.0. The Hall–Kier alpha value is -2.86. The Morgan fingerprint density at radius 3 is 2.91 bits per heavy atom. The van der Waals surface area contributed by atoms with Gasteiger partial charge in [-0.3, -0.25) is 4.79 Å². The van der Waals surface area contributed by atoms with Crippen molar-refractivity contribution in [1.29, 1.82) is 0 Å². The van der Waals surface area contributed by atoms with E-state index in [1.807, 2.05) is 18.2 Å². The minimum atomic E-state index is -0.489. The first-order valence-electron chi connectivity index (χ1n) is 6.65. The molecule has 0 aliphatic heterocycles. The number of nitrogens with zero attached hydrogens (tertiary/aromatic N) is 1. The van der Waals surface area contributed by atoms with E-state index in [0.29, 0.717) is 11.1 Å². The number of ether oxygens (including phenoxy) is 1. The van der Waals surface area contributed by atoms with Crippen molar-refractivity contribution in [3.05, 3.63) is 53.9 Å². The van der Waals surface area contributed by atoms with Crippen LogP contribution in [0.2, 0.25) is 0 Å². The molecule has 0 spiro atoms. The van der Waals surface area contributed by atoms with Gasteiger partial charge >= 0.3 is 0 Å². The molecule has 6 heteroatoms. The van der Waals surface area contributed by atoms with E-state index in [1.54, 1.807) is 19.2 Å². The Labute approximate surface area is 126 Å². The molecule has 1 amide bonds. The average Bonchev–Trinajstić information content (AvgIpc) is 2.89. The normalized spacial score (nSPS) is 10.8. The van der Waals surface area contributed by atoms with Crippen LogP contribution in [0.25, 0.3) is 11.0 Å². The van der Waals surface area contributed by atoms with Gasteiger partial charge in [0.1, 0.15) is 5.58 Å². The minimum Gasteiger partial charge on any atom is -0.504 e. The smallest absolute Gasteiger partial charge is 0.293 e. The number of fused-ring (bicyclic) bond motifs is 1. The van der Waals surface area contributed by atoms with Crippen LogP contribution in [0.4, 0.5) is 5.82 Å². The van der Waals surface area contributed by atoms with Gasteiger partial charge in [-0.1, -0.05) is 18.2 Å². The van der Waals surface area contributed by atoms with E-state index < -0.39 is 5.91 Å². The zero-order valence-electron chi connectivity index (χ0n) is 11.9. The fourth-order valence-corrected chi connectivity index (χ4v) is 2.23. The molecule has 3 rings (SSSR count). The van der Waals surface area contributed by atoms with Crippen molar-refractivity contribution in [3.8, 4) is 5.75 Å². The predicted octanol–water partition coefficient (Wildman–Crippen LogP) is 2.93. The third-order valence-corrected chi connectivity index (χ3v) is 3.21. The van der Waals surface area contributed by atoms with Gasteiger partial charge in [-0.25, -0.2) is 4.98 Å². The second kappa shape index (κ2) is 5.87. The Balaban J connectivity index is 2.00.